The summed E-state index contributed by atoms with van der Waals surface area (Å²) in [5.74, 6) is 0.806. The molecule has 2 heterocycles. The van der Waals surface area contributed by atoms with Gasteiger partial charge in [-0.05, 0) is 50.1 Å². The molecule has 0 spiro atoms. The van der Waals surface area contributed by atoms with Crippen molar-refractivity contribution in [2.24, 2.45) is 0 Å². The van der Waals surface area contributed by atoms with E-state index in [4.69, 9.17) is 0 Å². The Morgan fingerprint density at radius 2 is 2.30 bits per heavy atom. The first-order valence-electron chi connectivity index (χ1n) is 6.82. The average molecular weight is 287 g/mol. The predicted octanol–water partition coefficient (Wildman–Crippen LogP) is 2.96. The second kappa shape index (κ2) is 5.32. The quantitative estimate of drug-likeness (QED) is 0.924. The summed E-state index contributed by atoms with van der Waals surface area (Å²) in [6.07, 6.45) is 4.85. The Hall–Kier alpha value is -1.75. The molecule has 0 fully saturated rings. The van der Waals surface area contributed by atoms with E-state index in [0.717, 1.165) is 46.8 Å². The van der Waals surface area contributed by atoms with E-state index in [9.17, 15) is 4.79 Å². The fraction of sp³-hybridized carbons (Fsp3) is 0.400. The summed E-state index contributed by atoms with van der Waals surface area (Å²) in [7, 11) is 0. The molecule has 0 saturated heterocycles. The molecule has 2 aromatic heterocycles. The molecule has 20 heavy (non-hydrogen) atoms. The summed E-state index contributed by atoms with van der Waals surface area (Å²) < 4.78 is 0. The maximum atomic E-state index is 12.3. The molecule has 0 bridgehead atoms. The van der Waals surface area contributed by atoms with Gasteiger partial charge in [-0.3, -0.25) is 4.79 Å². The molecule has 1 amide bonds. The first-order valence-corrected chi connectivity index (χ1v) is 7.70. The monoisotopic (exact) mass is 287 g/mol. The van der Waals surface area contributed by atoms with Gasteiger partial charge in [-0.1, -0.05) is 0 Å². The highest BCUT2D eigenvalue weighted by atomic mass is 32.1. The zero-order valence-electron chi connectivity index (χ0n) is 11.6. The molecule has 0 unspecified atom stereocenters. The van der Waals surface area contributed by atoms with E-state index in [1.807, 2.05) is 31.5 Å². The Bertz CT molecular complexity index is 650. The normalized spacial score (nSPS) is 17.6. The SMILES string of the molecule is Cc1ncc2c(n1)CCC[C@H]2NC(=O)c1sccc1C. The van der Waals surface area contributed by atoms with Gasteiger partial charge < -0.3 is 5.32 Å². The Labute approximate surface area is 122 Å². The Morgan fingerprint density at radius 3 is 3.05 bits per heavy atom. The van der Waals surface area contributed by atoms with Crippen molar-refractivity contribution in [1.29, 1.82) is 0 Å². The first kappa shape index (κ1) is 13.2. The zero-order valence-corrected chi connectivity index (χ0v) is 12.5. The third kappa shape index (κ3) is 2.45. The molecule has 3 rings (SSSR count). The van der Waals surface area contributed by atoms with Crippen molar-refractivity contribution in [2.75, 3.05) is 0 Å². The number of fused-ring (bicyclic) bond motifs is 1. The van der Waals surface area contributed by atoms with Gasteiger partial charge in [0.15, 0.2) is 0 Å². The van der Waals surface area contributed by atoms with Gasteiger partial charge in [0.1, 0.15) is 5.82 Å². The molecule has 0 aromatic carbocycles. The van der Waals surface area contributed by atoms with Gasteiger partial charge in [0.25, 0.3) is 5.91 Å². The molecule has 1 aliphatic carbocycles. The lowest BCUT2D eigenvalue weighted by atomic mass is 9.92. The van der Waals surface area contributed by atoms with E-state index >= 15 is 0 Å². The van der Waals surface area contributed by atoms with Crippen molar-refractivity contribution in [2.45, 2.75) is 39.2 Å². The van der Waals surface area contributed by atoms with Crippen LogP contribution in [0.5, 0.6) is 0 Å². The zero-order chi connectivity index (χ0) is 14.1. The van der Waals surface area contributed by atoms with Crippen LogP contribution in [0.4, 0.5) is 0 Å². The summed E-state index contributed by atoms with van der Waals surface area (Å²) >= 11 is 1.49. The van der Waals surface area contributed by atoms with Crippen LogP contribution in [0, 0.1) is 13.8 Å². The van der Waals surface area contributed by atoms with E-state index in [0.29, 0.717) is 0 Å². The lowest BCUT2D eigenvalue weighted by molar-refractivity contribution is 0.0936. The third-order valence-electron chi connectivity index (χ3n) is 3.68. The van der Waals surface area contributed by atoms with Gasteiger partial charge in [-0.15, -0.1) is 11.3 Å². The minimum absolute atomic E-state index is 0.0101. The number of hydrogen-bond acceptors (Lipinski definition) is 4. The van der Waals surface area contributed by atoms with Crippen LogP contribution in [0.25, 0.3) is 0 Å². The van der Waals surface area contributed by atoms with Gasteiger partial charge in [-0.25, -0.2) is 9.97 Å². The summed E-state index contributed by atoms with van der Waals surface area (Å²) in [5.41, 5.74) is 3.19. The summed E-state index contributed by atoms with van der Waals surface area (Å²) in [5, 5.41) is 5.08. The highest BCUT2D eigenvalue weighted by Gasteiger charge is 2.24. The fourth-order valence-corrected chi connectivity index (χ4v) is 3.45. The maximum absolute atomic E-state index is 12.3. The van der Waals surface area contributed by atoms with Crippen LogP contribution in [0.2, 0.25) is 0 Å². The van der Waals surface area contributed by atoms with Gasteiger partial charge in [0, 0.05) is 17.5 Å². The van der Waals surface area contributed by atoms with Crippen molar-refractivity contribution in [3.8, 4) is 0 Å². The second-order valence-corrected chi connectivity index (χ2v) is 6.09. The molecule has 0 radical (unpaired) electrons. The largest absolute Gasteiger partial charge is 0.344 e. The number of nitrogens with zero attached hydrogens (tertiary/aromatic N) is 2. The van der Waals surface area contributed by atoms with E-state index in [1.54, 1.807) is 0 Å². The number of amides is 1. The van der Waals surface area contributed by atoms with Gasteiger partial charge in [0.2, 0.25) is 0 Å². The van der Waals surface area contributed by atoms with E-state index in [-0.39, 0.29) is 11.9 Å². The number of hydrogen-bond donors (Lipinski definition) is 1. The second-order valence-electron chi connectivity index (χ2n) is 5.17. The molecular formula is C15H17N3OS. The molecule has 0 saturated carbocycles. The molecule has 5 heteroatoms. The molecular weight excluding hydrogens is 270 g/mol. The third-order valence-corrected chi connectivity index (χ3v) is 4.69. The van der Waals surface area contributed by atoms with Crippen LogP contribution in [0.3, 0.4) is 0 Å². The van der Waals surface area contributed by atoms with Crippen molar-refractivity contribution >= 4 is 17.2 Å². The van der Waals surface area contributed by atoms with Crippen LogP contribution < -0.4 is 5.32 Å². The minimum Gasteiger partial charge on any atom is -0.344 e. The predicted molar refractivity (Wildman–Crippen MR) is 79.0 cm³/mol. The Balaban J connectivity index is 1.83. The van der Waals surface area contributed by atoms with Crippen LogP contribution in [-0.2, 0) is 6.42 Å². The summed E-state index contributed by atoms with van der Waals surface area (Å²) in [6, 6.07) is 2.01. The molecule has 0 aliphatic heterocycles. The van der Waals surface area contributed by atoms with Crippen molar-refractivity contribution in [3.05, 3.63) is 45.2 Å². The highest BCUT2D eigenvalue weighted by Crippen LogP contribution is 2.28. The van der Waals surface area contributed by atoms with Gasteiger partial charge >= 0.3 is 0 Å². The number of thiophene rings is 1. The number of aromatic nitrogens is 2. The molecule has 1 atom stereocenters. The van der Waals surface area contributed by atoms with E-state index in [1.165, 1.54) is 11.3 Å². The lowest BCUT2D eigenvalue weighted by Gasteiger charge is -2.25. The van der Waals surface area contributed by atoms with Crippen LogP contribution in [0.15, 0.2) is 17.6 Å². The topological polar surface area (TPSA) is 54.9 Å². The number of carbonyl (C=O) groups excluding carboxylic acids is 1. The number of rotatable bonds is 2. The summed E-state index contributed by atoms with van der Waals surface area (Å²) in [4.78, 5) is 21.9. The van der Waals surface area contributed by atoms with Crippen LogP contribution >= 0.6 is 11.3 Å². The van der Waals surface area contributed by atoms with E-state index < -0.39 is 0 Å². The van der Waals surface area contributed by atoms with Gasteiger partial charge in [-0.2, -0.15) is 0 Å². The fourth-order valence-electron chi connectivity index (χ4n) is 2.63. The number of nitrogens with one attached hydrogen (secondary N) is 1. The van der Waals surface area contributed by atoms with Crippen molar-refractivity contribution in [1.82, 2.24) is 15.3 Å². The highest BCUT2D eigenvalue weighted by molar-refractivity contribution is 7.12. The first-order chi connectivity index (χ1) is 9.65. The van der Waals surface area contributed by atoms with Crippen LogP contribution in [0.1, 0.15) is 51.2 Å². The van der Waals surface area contributed by atoms with Crippen LogP contribution in [-0.4, -0.2) is 15.9 Å². The maximum Gasteiger partial charge on any atom is 0.262 e. The van der Waals surface area contributed by atoms with Gasteiger partial charge in [0.05, 0.1) is 10.9 Å². The molecule has 4 nitrogen and oxygen atoms in total. The van der Waals surface area contributed by atoms with Crippen molar-refractivity contribution < 1.29 is 4.79 Å². The molecule has 104 valence electrons. The lowest BCUT2D eigenvalue weighted by Crippen LogP contribution is -2.31. The van der Waals surface area contributed by atoms with Crippen molar-refractivity contribution in [3.63, 3.8) is 0 Å². The standard InChI is InChI=1S/C15H17N3OS/c1-9-6-7-20-14(9)15(19)18-13-5-3-4-12-11(13)8-16-10(2)17-12/h6-8,13H,3-5H2,1-2H3,(H,18,19)/t13-/m1/s1. The Kier molecular flexibility index (Phi) is 3.53. The molecule has 1 aliphatic rings. The minimum atomic E-state index is 0.0101. The molecule has 1 N–H and O–H groups in total. The number of aryl methyl sites for hydroxylation is 3. The number of carbonyl (C=O) groups is 1. The smallest absolute Gasteiger partial charge is 0.262 e. The average Bonchev–Trinajstić information content (AvgIpc) is 2.85. The Morgan fingerprint density at radius 1 is 1.45 bits per heavy atom. The molecule has 2 aromatic rings. The summed E-state index contributed by atoms with van der Waals surface area (Å²) in [6.45, 7) is 3.87. The van der Waals surface area contributed by atoms with E-state index in [2.05, 4.69) is 15.3 Å².